The minimum atomic E-state index is -3.55. The number of fused-ring (bicyclic) bond motifs is 1. The molecule has 4 N–H and O–H groups in total. The van der Waals surface area contributed by atoms with Crippen LogP contribution in [0.25, 0.3) is 6.08 Å². The van der Waals surface area contributed by atoms with Crippen LogP contribution in [-0.2, 0) is 32.7 Å². The molecule has 4 amide bonds. The maximum Gasteiger partial charge on any atom is 0.294 e. The molecule has 41 heavy (non-hydrogen) atoms. The highest BCUT2D eigenvalue weighted by Crippen LogP contribution is 2.36. The summed E-state index contributed by atoms with van der Waals surface area (Å²) in [6.07, 6.45) is 3.81. The van der Waals surface area contributed by atoms with Gasteiger partial charge in [-0.3, -0.25) is 24.1 Å². The van der Waals surface area contributed by atoms with Gasteiger partial charge in [-0.05, 0) is 47.7 Å². The summed E-state index contributed by atoms with van der Waals surface area (Å²) in [6, 6.07) is 8.21. The zero-order chi connectivity index (χ0) is 29.6. The zero-order valence-electron chi connectivity index (χ0n) is 21.1. The summed E-state index contributed by atoms with van der Waals surface area (Å²) in [6.45, 7) is -0.319. The molecule has 2 aliphatic heterocycles. The minimum Gasteiger partial charge on any atom is -0.504 e. The Balaban J connectivity index is 1.20. The van der Waals surface area contributed by atoms with Crippen molar-refractivity contribution >= 4 is 56.5 Å². The van der Waals surface area contributed by atoms with Crippen LogP contribution in [0.2, 0.25) is 0 Å². The number of hydrogen-bond donors (Lipinski definition) is 4. The first-order chi connectivity index (χ1) is 19.3. The van der Waals surface area contributed by atoms with Crippen LogP contribution in [0.3, 0.4) is 0 Å². The number of thioether (sulfide) groups is 1. The SMILES string of the molecule is CS(=O)(=O)n1cc2c(n1)CN(C(=O)CN1C(=O)S/C(=C\c3ccc(NC(=O)c4cc(O)c(O)c(O)c4)cc3)C1=O)C2. The molecule has 0 atom stereocenters. The fraction of sp³-hybridized carbons (Fsp3) is 0.160. The van der Waals surface area contributed by atoms with Gasteiger partial charge < -0.3 is 25.5 Å². The van der Waals surface area contributed by atoms with Gasteiger partial charge in [0.1, 0.15) is 6.54 Å². The van der Waals surface area contributed by atoms with Gasteiger partial charge >= 0.3 is 0 Å². The zero-order valence-corrected chi connectivity index (χ0v) is 22.8. The molecule has 0 spiro atoms. The van der Waals surface area contributed by atoms with E-state index in [0.717, 1.165) is 27.4 Å². The van der Waals surface area contributed by atoms with Crippen molar-refractivity contribution in [3.63, 3.8) is 0 Å². The summed E-state index contributed by atoms with van der Waals surface area (Å²) in [7, 11) is -3.55. The van der Waals surface area contributed by atoms with E-state index >= 15 is 0 Å². The molecular formula is C25H21N5O9S2. The van der Waals surface area contributed by atoms with E-state index in [9.17, 15) is 42.9 Å². The Labute approximate surface area is 236 Å². The van der Waals surface area contributed by atoms with Crippen molar-refractivity contribution < 1.29 is 42.9 Å². The normalized spacial score (nSPS) is 16.0. The largest absolute Gasteiger partial charge is 0.504 e. The van der Waals surface area contributed by atoms with E-state index in [-0.39, 0.29) is 23.6 Å². The van der Waals surface area contributed by atoms with Crippen LogP contribution in [0.1, 0.15) is 27.2 Å². The van der Waals surface area contributed by atoms with Crippen molar-refractivity contribution in [3.05, 3.63) is 69.9 Å². The van der Waals surface area contributed by atoms with Gasteiger partial charge in [0.15, 0.2) is 17.2 Å². The van der Waals surface area contributed by atoms with Crippen LogP contribution in [0, 0.1) is 0 Å². The van der Waals surface area contributed by atoms with Gasteiger partial charge in [0.25, 0.3) is 27.1 Å². The second kappa shape index (κ2) is 10.3. The van der Waals surface area contributed by atoms with Crippen molar-refractivity contribution in [2.45, 2.75) is 13.1 Å². The Morgan fingerprint density at radius 1 is 1.07 bits per heavy atom. The molecule has 212 valence electrons. The van der Waals surface area contributed by atoms with Gasteiger partial charge in [0.05, 0.1) is 23.4 Å². The summed E-state index contributed by atoms with van der Waals surface area (Å²) in [5, 5.41) is 34.6. The molecule has 2 aliphatic rings. The van der Waals surface area contributed by atoms with Crippen LogP contribution in [0.15, 0.2) is 47.5 Å². The number of amides is 4. The van der Waals surface area contributed by atoms with E-state index in [4.69, 9.17) is 0 Å². The first-order valence-corrected chi connectivity index (χ1v) is 14.4. The summed E-state index contributed by atoms with van der Waals surface area (Å²) in [4.78, 5) is 52.9. The monoisotopic (exact) mass is 599 g/mol. The van der Waals surface area contributed by atoms with E-state index in [1.54, 1.807) is 12.1 Å². The number of carbonyl (C=O) groups is 4. The van der Waals surface area contributed by atoms with Gasteiger partial charge in [-0.2, -0.15) is 9.19 Å². The minimum absolute atomic E-state index is 0.0563. The summed E-state index contributed by atoms with van der Waals surface area (Å²) in [5.74, 6) is -3.85. The van der Waals surface area contributed by atoms with E-state index < -0.39 is 56.8 Å². The number of nitrogens with one attached hydrogen (secondary N) is 1. The number of phenols is 3. The molecule has 0 unspecified atom stereocenters. The van der Waals surface area contributed by atoms with Crippen molar-refractivity contribution in [3.8, 4) is 17.2 Å². The van der Waals surface area contributed by atoms with Gasteiger partial charge in [-0.1, -0.05) is 12.1 Å². The molecule has 0 radical (unpaired) electrons. The van der Waals surface area contributed by atoms with Gasteiger partial charge in [0.2, 0.25) is 5.91 Å². The molecule has 1 fully saturated rings. The third-order valence-corrected chi connectivity index (χ3v) is 7.99. The molecule has 1 saturated heterocycles. The fourth-order valence-corrected chi connectivity index (χ4v) is 5.50. The lowest BCUT2D eigenvalue weighted by Crippen LogP contribution is -2.40. The van der Waals surface area contributed by atoms with Gasteiger partial charge in [-0.15, -0.1) is 0 Å². The van der Waals surface area contributed by atoms with E-state index in [1.807, 2.05) is 0 Å². The van der Waals surface area contributed by atoms with Crippen LogP contribution in [0.4, 0.5) is 10.5 Å². The number of aromatic hydroxyl groups is 3. The quantitative estimate of drug-likeness (QED) is 0.237. The molecule has 0 saturated carbocycles. The predicted molar refractivity (Wildman–Crippen MR) is 145 cm³/mol. The van der Waals surface area contributed by atoms with Crippen molar-refractivity contribution in [1.82, 2.24) is 19.0 Å². The van der Waals surface area contributed by atoms with Crippen LogP contribution in [-0.4, -0.2) is 78.5 Å². The lowest BCUT2D eigenvalue weighted by molar-refractivity contribution is -0.136. The summed E-state index contributed by atoms with van der Waals surface area (Å²) < 4.78 is 24.1. The van der Waals surface area contributed by atoms with E-state index in [2.05, 4.69) is 10.4 Å². The number of phenolic OH excluding ortho intramolecular Hbond substituents is 3. The number of imide groups is 1. The van der Waals surface area contributed by atoms with Crippen LogP contribution >= 0.6 is 11.8 Å². The third kappa shape index (κ3) is 5.59. The standard InChI is InChI=1S/C25H21N5O9S2/c1-41(38,39)30-10-15-9-28(11-17(15)27-30)21(33)12-29-24(36)20(40-25(29)37)6-13-2-4-16(5-3-13)26-23(35)14-7-18(31)22(34)19(32)8-14/h2-8,10,31-32,34H,9,11-12H2,1H3,(H,26,35)/b20-6-. The second-order valence-corrected chi connectivity index (χ2v) is 12.0. The van der Waals surface area contributed by atoms with Crippen LogP contribution in [0.5, 0.6) is 17.2 Å². The lowest BCUT2D eigenvalue weighted by atomic mass is 10.1. The van der Waals surface area contributed by atoms with E-state index in [0.29, 0.717) is 34.3 Å². The first-order valence-electron chi connectivity index (χ1n) is 11.8. The summed E-state index contributed by atoms with van der Waals surface area (Å²) >= 11 is 0.679. The number of benzene rings is 2. The summed E-state index contributed by atoms with van der Waals surface area (Å²) in [5.41, 5.74) is 1.79. The van der Waals surface area contributed by atoms with Crippen molar-refractivity contribution in [2.24, 2.45) is 0 Å². The number of hydrogen-bond acceptors (Lipinski definition) is 11. The maximum atomic E-state index is 12.9. The molecule has 3 heterocycles. The number of rotatable bonds is 6. The predicted octanol–water partition coefficient (Wildman–Crippen LogP) is 1.64. The second-order valence-electron chi connectivity index (χ2n) is 9.19. The first kappa shape index (κ1) is 27.7. The molecule has 14 nitrogen and oxygen atoms in total. The molecule has 5 rings (SSSR count). The topological polar surface area (TPSA) is 199 Å². The molecule has 16 heteroatoms. The Morgan fingerprint density at radius 3 is 2.34 bits per heavy atom. The highest BCUT2D eigenvalue weighted by molar-refractivity contribution is 8.18. The maximum absolute atomic E-state index is 12.9. The average Bonchev–Trinajstić information content (AvgIpc) is 3.57. The molecule has 0 aliphatic carbocycles. The van der Waals surface area contributed by atoms with Crippen molar-refractivity contribution in [2.75, 3.05) is 18.1 Å². The third-order valence-electron chi connectivity index (χ3n) is 6.22. The van der Waals surface area contributed by atoms with Crippen LogP contribution < -0.4 is 5.32 Å². The number of aromatic nitrogens is 2. The molecular weight excluding hydrogens is 578 g/mol. The molecule has 1 aromatic heterocycles. The molecule has 0 bridgehead atoms. The van der Waals surface area contributed by atoms with Crippen molar-refractivity contribution in [1.29, 1.82) is 0 Å². The number of carbonyl (C=O) groups excluding carboxylic acids is 4. The molecule has 3 aromatic rings. The van der Waals surface area contributed by atoms with Gasteiger partial charge in [-0.25, -0.2) is 8.42 Å². The smallest absolute Gasteiger partial charge is 0.294 e. The highest BCUT2D eigenvalue weighted by atomic mass is 32.2. The van der Waals surface area contributed by atoms with E-state index in [1.165, 1.54) is 29.3 Å². The Kier molecular flexibility index (Phi) is 6.96. The number of anilines is 1. The van der Waals surface area contributed by atoms with Gasteiger partial charge in [0, 0.05) is 29.6 Å². The number of nitrogens with zero attached hydrogens (tertiary/aromatic N) is 4. The fourth-order valence-electron chi connectivity index (χ4n) is 4.10. The lowest BCUT2D eigenvalue weighted by Gasteiger charge is -2.19. The molecule has 2 aromatic carbocycles. The Morgan fingerprint density at radius 2 is 1.73 bits per heavy atom. The average molecular weight is 600 g/mol. The Hall–Kier alpha value is -4.83. The Bertz CT molecular complexity index is 1720. The highest BCUT2D eigenvalue weighted by Gasteiger charge is 2.38.